The van der Waals surface area contributed by atoms with E-state index in [0.717, 1.165) is 37.6 Å². The van der Waals surface area contributed by atoms with Gasteiger partial charge >= 0.3 is 0 Å². The number of hydrogen-bond acceptors (Lipinski definition) is 5. The molecule has 0 bridgehead atoms. The number of likely N-dealkylation sites (tertiary alicyclic amines) is 1. The van der Waals surface area contributed by atoms with E-state index >= 15 is 0 Å². The van der Waals surface area contributed by atoms with Gasteiger partial charge in [-0.1, -0.05) is 6.42 Å². The first-order valence-corrected chi connectivity index (χ1v) is 7.31. The van der Waals surface area contributed by atoms with Crippen LogP contribution in [0.15, 0.2) is 16.2 Å². The van der Waals surface area contributed by atoms with Gasteiger partial charge in [-0.2, -0.15) is 0 Å². The van der Waals surface area contributed by atoms with E-state index < -0.39 is 0 Å². The van der Waals surface area contributed by atoms with Crippen molar-refractivity contribution in [1.82, 2.24) is 14.9 Å². The van der Waals surface area contributed by atoms with Crippen LogP contribution in [0.1, 0.15) is 25.1 Å². The third-order valence-electron chi connectivity index (χ3n) is 3.54. The van der Waals surface area contributed by atoms with Crippen molar-refractivity contribution in [2.45, 2.75) is 31.8 Å². The van der Waals surface area contributed by atoms with Gasteiger partial charge in [0.15, 0.2) is 0 Å². The zero-order valence-corrected chi connectivity index (χ0v) is 11.3. The summed E-state index contributed by atoms with van der Waals surface area (Å²) in [5.41, 5.74) is 0.651. The Hall–Kier alpha value is -1.53. The fraction of sp³-hybridized carbons (Fsp3) is 0.462. The quantitative estimate of drug-likeness (QED) is 0.864. The van der Waals surface area contributed by atoms with Gasteiger partial charge in [0, 0.05) is 0 Å². The molecule has 1 aliphatic rings. The maximum Gasteiger partial charge on any atom is 0.268 e. The van der Waals surface area contributed by atoms with Crippen molar-refractivity contribution in [3.8, 4) is 0 Å². The van der Waals surface area contributed by atoms with Crippen LogP contribution < -0.4 is 5.56 Å². The number of H-pyrrole nitrogens is 1. The number of aromatic amines is 1. The van der Waals surface area contributed by atoms with E-state index in [9.17, 15) is 9.59 Å². The first-order chi connectivity index (χ1) is 9.28. The summed E-state index contributed by atoms with van der Waals surface area (Å²) in [6.45, 7) is 1.42. The number of aromatic nitrogens is 2. The third-order valence-corrected chi connectivity index (χ3v) is 4.44. The maximum atomic E-state index is 11.9. The summed E-state index contributed by atoms with van der Waals surface area (Å²) in [5, 5.41) is 1.87. The lowest BCUT2D eigenvalue weighted by Gasteiger charge is -2.31. The molecule has 6 heteroatoms. The molecule has 19 heavy (non-hydrogen) atoms. The molecule has 1 aliphatic heterocycles. The molecule has 0 aliphatic carbocycles. The average molecular weight is 277 g/mol. The first-order valence-electron chi connectivity index (χ1n) is 6.43. The predicted molar refractivity (Wildman–Crippen MR) is 74.4 cm³/mol. The molecular weight excluding hydrogens is 262 g/mol. The number of carbonyl (C=O) groups is 1. The second kappa shape index (κ2) is 5.22. The average Bonchev–Trinajstić information content (AvgIpc) is 2.88. The van der Waals surface area contributed by atoms with Crippen LogP contribution in [-0.4, -0.2) is 33.7 Å². The van der Waals surface area contributed by atoms with Crippen LogP contribution >= 0.6 is 11.3 Å². The Kier molecular flexibility index (Phi) is 3.44. The van der Waals surface area contributed by atoms with Gasteiger partial charge in [0.05, 0.1) is 18.1 Å². The number of hydrogen-bond donors (Lipinski definition) is 1. The van der Waals surface area contributed by atoms with Crippen molar-refractivity contribution < 1.29 is 4.79 Å². The van der Waals surface area contributed by atoms with Crippen LogP contribution in [0.5, 0.6) is 0 Å². The van der Waals surface area contributed by atoms with Crippen molar-refractivity contribution in [3.05, 3.63) is 27.6 Å². The van der Waals surface area contributed by atoms with E-state index in [0.29, 0.717) is 17.1 Å². The van der Waals surface area contributed by atoms with E-state index in [4.69, 9.17) is 0 Å². The van der Waals surface area contributed by atoms with E-state index in [-0.39, 0.29) is 11.6 Å². The SMILES string of the molecule is O=CC1CCCCN1Cc1nc2ccsc2c(=O)[nH]1. The van der Waals surface area contributed by atoms with Crippen LogP contribution in [0.4, 0.5) is 0 Å². The number of thiophene rings is 1. The highest BCUT2D eigenvalue weighted by Gasteiger charge is 2.22. The first kappa shape index (κ1) is 12.5. The monoisotopic (exact) mass is 277 g/mol. The molecule has 1 saturated heterocycles. The predicted octanol–water partition coefficient (Wildman–Crippen LogP) is 1.54. The highest BCUT2D eigenvalue weighted by Crippen LogP contribution is 2.18. The Morgan fingerprint density at radius 3 is 3.26 bits per heavy atom. The van der Waals surface area contributed by atoms with E-state index in [1.807, 2.05) is 11.4 Å². The van der Waals surface area contributed by atoms with Crippen molar-refractivity contribution >= 4 is 27.8 Å². The van der Waals surface area contributed by atoms with Gasteiger partial charge < -0.3 is 9.78 Å². The Balaban J connectivity index is 1.87. The second-order valence-electron chi connectivity index (χ2n) is 4.82. The standard InChI is InChI=1S/C13H15N3O2S/c17-8-9-3-1-2-5-16(9)7-11-14-10-4-6-19-12(10)13(18)15-11/h4,6,8-9H,1-3,5,7H2,(H,14,15,18). The lowest BCUT2D eigenvalue weighted by atomic mass is 10.0. The molecule has 0 radical (unpaired) electrons. The molecule has 2 aromatic rings. The fourth-order valence-corrected chi connectivity index (χ4v) is 3.28. The summed E-state index contributed by atoms with van der Waals surface area (Å²) in [6.07, 6.45) is 4.08. The minimum atomic E-state index is -0.0883. The van der Waals surface area contributed by atoms with Gasteiger partial charge in [-0.25, -0.2) is 4.98 Å². The Labute approximate surface area is 114 Å². The highest BCUT2D eigenvalue weighted by atomic mass is 32.1. The number of nitrogens with one attached hydrogen (secondary N) is 1. The topological polar surface area (TPSA) is 66.1 Å². The van der Waals surface area contributed by atoms with Gasteiger partial charge in [-0.05, 0) is 30.8 Å². The van der Waals surface area contributed by atoms with Crippen LogP contribution in [-0.2, 0) is 11.3 Å². The molecule has 0 aromatic carbocycles. The van der Waals surface area contributed by atoms with E-state index in [2.05, 4.69) is 14.9 Å². The van der Waals surface area contributed by atoms with Crippen LogP contribution in [0.25, 0.3) is 10.2 Å². The molecule has 0 spiro atoms. The largest absolute Gasteiger partial charge is 0.308 e. The zero-order valence-electron chi connectivity index (χ0n) is 10.5. The van der Waals surface area contributed by atoms with E-state index in [1.54, 1.807) is 0 Å². The lowest BCUT2D eigenvalue weighted by Crippen LogP contribution is -2.40. The minimum Gasteiger partial charge on any atom is -0.308 e. The van der Waals surface area contributed by atoms with Crippen molar-refractivity contribution in [2.75, 3.05) is 6.54 Å². The molecule has 1 unspecified atom stereocenters. The van der Waals surface area contributed by atoms with Gasteiger partial charge in [0.1, 0.15) is 16.8 Å². The molecule has 2 aromatic heterocycles. The van der Waals surface area contributed by atoms with Gasteiger partial charge in [-0.15, -0.1) is 11.3 Å². The van der Waals surface area contributed by atoms with Gasteiger partial charge in [-0.3, -0.25) is 9.69 Å². The summed E-state index contributed by atoms with van der Waals surface area (Å²) in [6, 6.07) is 1.81. The fourth-order valence-electron chi connectivity index (χ4n) is 2.56. The molecule has 100 valence electrons. The molecular formula is C13H15N3O2S. The van der Waals surface area contributed by atoms with Crippen LogP contribution in [0.3, 0.4) is 0 Å². The van der Waals surface area contributed by atoms with Gasteiger partial charge in [0.25, 0.3) is 5.56 Å². The Morgan fingerprint density at radius 1 is 1.53 bits per heavy atom. The van der Waals surface area contributed by atoms with Crippen molar-refractivity contribution in [2.24, 2.45) is 0 Å². The highest BCUT2D eigenvalue weighted by molar-refractivity contribution is 7.17. The second-order valence-corrected chi connectivity index (χ2v) is 5.73. The normalized spacial score (nSPS) is 20.7. The summed E-state index contributed by atoms with van der Waals surface area (Å²) >= 11 is 1.40. The molecule has 5 nitrogen and oxygen atoms in total. The smallest absolute Gasteiger partial charge is 0.268 e. The summed E-state index contributed by atoms with van der Waals surface area (Å²) in [4.78, 5) is 32.3. The number of rotatable bonds is 3. The maximum absolute atomic E-state index is 11.9. The summed E-state index contributed by atoms with van der Waals surface area (Å²) < 4.78 is 0.661. The van der Waals surface area contributed by atoms with Crippen LogP contribution in [0.2, 0.25) is 0 Å². The number of carbonyl (C=O) groups excluding carboxylic acids is 1. The number of fused-ring (bicyclic) bond motifs is 1. The minimum absolute atomic E-state index is 0.0442. The Bertz CT molecular complexity index is 649. The summed E-state index contributed by atoms with van der Waals surface area (Å²) in [7, 11) is 0. The molecule has 0 amide bonds. The molecule has 1 N–H and O–H groups in total. The lowest BCUT2D eigenvalue weighted by molar-refractivity contribution is -0.113. The van der Waals surface area contributed by atoms with Crippen molar-refractivity contribution in [3.63, 3.8) is 0 Å². The van der Waals surface area contributed by atoms with Crippen LogP contribution in [0, 0.1) is 0 Å². The summed E-state index contributed by atoms with van der Waals surface area (Å²) in [5.74, 6) is 0.643. The molecule has 3 heterocycles. The molecule has 0 saturated carbocycles. The van der Waals surface area contributed by atoms with E-state index in [1.165, 1.54) is 11.3 Å². The Morgan fingerprint density at radius 2 is 2.42 bits per heavy atom. The van der Waals surface area contributed by atoms with Crippen molar-refractivity contribution in [1.29, 1.82) is 0 Å². The number of piperidine rings is 1. The molecule has 3 rings (SSSR count). The molecule has 1 atom stereocenters. The zero-order chi connectivity index (χ0) is 13.2. The molecule has 1 fully saturated rings. The van der Waals surface area contributed by atoms with Gasteiger partial charge in [0.2, 0.25) is 0 Å². The number of nitrogens with zero attached hydrogens (tertiary/aromatic N) is 2. The number of aldehydes is 1. The third kappa shape index (κ3) is 2.46.